The van der Waals surface area contributed by atoms with Crippen LogP contribution in [0.3, 0.4) is 0 Å². The normalized spacial score (nSPS) is 19.7. The third-order valence-corrected chi connectivity index (χ3v) is 7.81. The molecule has 0 radical (unpaired) electrons. The Labute approximate surface area is 213 Å². The number of aldehydes is 1. The number of carbonyl (C=O) groups is 2. The van der Waals surface area contributed by atoms with Gasteiger partial charge in [-0.1, -0.05) is 41.9 Å². The van der Waals surface area contributed by atoms with E-state index in [0.717, 1.165) is 38.2 Å². The summed E-state index contributed by atoms with van der Waals surface area (Å²) in [6, 6.07) is 10.5. The Balaban J connectivity index is 1.30. The highest BCUT2D eigenvalue weighted by Gasteiger charge is 2.60. The minimum atomic E-state index is -4.90. The number of piperidine rings is 2. The zero-order valence-corrected chi connectivity index (χ0v) is 20.6. The van der Waals surface area contributed by atoms with Gasteiger partial charge in [0.15, 0.2) is 6.29 Å². The Morgan fingerprint density at radius 3 is 2.11 bits per heavy atom. The minimum Gasteiger partial charge on any atom is -0.357 e. The van der Waals surface area contributed by atoms with Crippen LogP contribution in [-0.2, 0) is 10.3 Å². The Morgan fingerprint density at radius 2 is 1.58 bits per heavy atom. The van der Waals surface area contributed by atoms with E-state index in [9.17, 15) is 22.8 Å². The highest BCUT2D eigenvalue weighted by Crippen LogP contribution is 2.40. The molecule has 10 heteroatoms. The number of hydrogen-bond donors (Lipinski definition) is 1. The lowest BCUT2D eigenvalue weighted by Gasteiger charge is -2.40. The average molecular weight is 523 g/mol. The molecule has 1 amide bonds. The van der Waals surface area contributed by atoms with Gasteiger partial charge in [-0.05, 0) is 61.6 Å². The number of pyridine rings is 1. The van der Waals surface area contributed by atoms with Crippen molar-refractivity contribution in [2.45, 2.75) is 43.8 Å². The zero-order chi connectivity index (χ0) is 25.9. The molecule has 2 aliphatic rings. The van der Waals surface area contributed by atoms with Crippen LogP contribution in [0.1, 0.15) is 48.0 Å². The standard InChI is InChI=1S/C26H30ClF3N4O2/c27-23-20(17-35)6-7-22(32-23)33-12-8-18(9-13-33)16-19-10-14-34(15-11-19)24(36)25(31,26(28,29)30)21-4-2-1-3-5-21/h1-7,17-19H,8-16,31H2. The molecule has 6 nitrogen and oxygen atoms in total. The second-order valence-electron chi connectivity index (χ2n) is 9.74. The van der Waals surface area contributed by atoms with E-state index in [0.29, 0.717) is 36.5 Å². The van der Waals surface area contributed by atoms with Crippen molar-refractivity contribution >= 4 is 29.6 Å². The molecule has 2 saturated heterocycles. The Hall–Kier alpha value is -2.65. The second kappa shape index (κ2) is 10.8. The van der Waals surface area contributed by atoms with Gasteiger partial charge in [-0.3, -0.25) is 9.59 Å². The van der Waals surface area contributed by atoms with E-state index < -0.39 is 17.6 Å². The number of carbonyl (C=O) groups excluding carboxylic acids is 2. The molecule has 0 spiro atoms. The molecule has 2 N–H and O–H groups in total. The number of halogens is 4. The Kier molecular flexibility index (Phi) is 7.90. The van der Waals surface area contributed by atoms with E-state index in [1.165, 1.54) is 29.2 Å². The van der Waals surface area contributed by atoms with Crippen LogP contribution in [0.15, 0.2) is 42.5 Å². The van der Waals surface area contributed by atoms with Crippen LogP contribution < -0.4 is 10.6 Å². The van der Waals surface area contributed by atoms with Gasteiger partial charge in [0.2, 0.25) is 5.54 Å². The highest BCUT2D eigenvalue weighted by molar-refractivity contribution is 6.31. The van der Waals surface area contributed by atoms with Crippen LogP contribution in [0.5, 0.6) is 0 Å². The van der Waals surface area contributed by atoms with Crippen molar-refractivity contribution < 1.29 is 22.8 Å². The van der Waals surface area contributed by atoms with Gasteiger partial charge in [-0.2, -0.15) is 13.2 Å². The first-order valence-corrected chi connectivity index (χ1v) is 12.6. The molecule has 194 valence electrons. The van der Waals surface area contributed by atoms with Crippen LogP contribution in [0.4, 0.5) is 19.0 Å². The molecule has 1 atom stereocenters. The number of likely N-dealkylation sites (tertiary alicyclic amines) is 1. The molecule has 1 aromatic carbocycles. The fraction of sp³-hybridized carbons (Fsp3) is 0.500. The van der Waals surface area contributed by atoms with Crippen LogP contribution in [0.25, 0.3) is 0 Å². The summed E-state index contributed by atoms with van der Waals surface area (Å²) >= 11 is 6.06. The maximum Gasteiger partial charge on any atom is 0.419 e. The molecular formula is C26H30ClF3N4O2. The van der Waals surface area contributed by atoms with Crippen molar-refractivity contribution in [2.75, 3.05) is 31.1 Å². The van der Waals surface area contributed by atoms with Crippen LogP contribution in [0.2, 0.25) is 5.15 Å². The third-order valence-electron chi connectivity index (χ3n) is 7.51. The first-order chi connectivity index (χ1) is 17.1. The first-order valence-electron chi connectivity index (χ1n) is 12.2. The number of amides is 1. The van der Waals surface area contributed by atoms with Crippen LogP contribution in [0, 0.1) is 11.8 Å². The molecule has 4 rings (SSSR count). The summed E-state index contributed by atoms with van der Waals surface area (Å²) in [6.45, 7) is 2.19. The summed E-state index contributed by atoms with van der Waals surface area (Å²) in [6.07, 6.45) is 0.0486. The summed E-state index contributed by atoms with van der Waals surface area (Å²) in [4.78, 5) is 31.7. The van der Waals surface area contributed by atoms with Crippen molar-refractivity contribution in [2.24, 2.45) is 17.6 Å². The monoisotopic (exact) mass is 522 g/mol. The fourth-order valence-corrected chi connectivity index (χ4v) is 5.49. The van der Waals surface area contributed by atoms with Crippen LogP contribution >= 0.6 is 11.6 Å². The first kappa shape index (κ1) is 26.4. The number of nitrogens with zero attached hydrogens (tertiary/aromatic N) is 3. The van der Waals surface area contributed by atoms with Gasteiger partial charge in [0.25, 0.3) is 5.91 Å². The predicted molar refractivity (Wildman–Crippen MR) is 132 cm³/mol. The lowest BCUT2D eigenvalue weighted by Crippen LogP contribution is -2.62. The molecule has 36 heavy (non-hydrogen) atoms. The Bertz CT molecular complexity index is 1070. The van der Waals surface area contributed by atoms with E-state index in [2.05, 4.69) is 9.88 Å². The summed E-state index contributed by atoms with van der Waals surface area (Å²) in [5, 5.41) is 0.199. The smallest absolute Gasteiger partial charge is 0.357 e. The van der Waals surface area contributed by atoms with Crippen molar-refractivity contribution in [3.8, 4) is 0 Å². The number of nitrogens with two attached hydrogens (primary N) is 1. The van der Waals surface area contributed by atoms with Gasteiger partial charge in [-0.25, -0.2) is 4.98 Å². The van der Waals surface area contributed by atoms with E-state index >= 15 is 0 Å². The van der Waals surface area contributed by atoms with Crippen molar-refractivity contribution in [1.29, 1.82) is 0 Å². The van der Waals surface area contributed by atoms with Crippen molar-refractivity contribution in [3.63, 3.8) is 0 Å². The van der Waals surface area contributed by atoms with Crippen LogP contribution in [-0.4, -0.2) is 54.4 Å². The van der Waals surface area contributed by atoms with Gasteiger partial charge in [-0.15, -0.1) is 0 Å². The topological polar surface area (TPSA) is 79.5 Å². The summed E-state index contributed by atoms with van der Waals surface area (Å²) in [5.74, 6) is 0.537. The number of aromatic nitrogens is 1. The molecule has 0 saturated carbocycles. The summed E-state index contributed by atoms with van der Waals surface area (Å²) in [5.41, 5.74) is 2.87. The predicted octanol–water partition coefficient (Wildman–Crippen LogP) is 4.81. The van der Waals surface area contributed by atoms with E-state index in [-0.39, 0.29) is 23.8 Å². The third kappa shape index (κ3) is 5.37. The van der Waals surface area contributed by atoms with Crippen molar-refractivity contribution in [3.05, 3.63) is 58.7 Å². The highest BCUT2D eigenvalue weighted by atomic mass is 35.5. The summed E-state index contributed by atoms with van der Waals surface area (Å²) < 4.78 is 42.0. The lowest BCUT2D eigenvalue weighted by molar-refractivity contribution is -0.201. The average Bonchev–Trinajstić information content (AvgIpc) is 2.88. The maximum absolute atomic E-state index is 14.0. The molecule has 1 unspecified atom stereocenters. The maximum atomic E-state index is 14.0. The van der Waals surface area contributed by atoms with Gasteiger partial charge in [0.1, 0.15) is 11.0 Å². The minimum absolute atomic E-state index is 0.199. The number of anilines is 1. The van der Waals surface area contributed by atoms with Crippen molar-refractivity contribution in [1.82, 2.24) is 9.88 Å². The number of alkyl halides is 3. The molecule has 0 aliphatic carbocycles. The molecule has 2 fully saturated rings. The number of hydrogen-bond acceptors (Lipinski definition) is 5. The molecule has 0 bridgehead atoms. The molecule has 2 aliphatic heterocycles. The SMILES string of the molecule is NC(C(=O)N1CCC(CC2CCN(c3ccc(C=O)c(Cl)n3)CC2)CC1)(c1ccccc1)C(F)(F)F. The lowest BCUT2D eigenvalue weighted by atomic mass is 9.82. The second-order valence-corrected chi connectivity index (χ2v) is 10.1. The van der Waals surface area contributed by atoms with E-state index in [4.69, 9.17) is 17.3 Å². The number of benzene rings is 1. The van der Waals surface area contributed by atoms with E-state index in [1.54, 1.807) is 18.2 Å². The molecule has 1 aromatic heterocycles. The fourth-order valence-electron chi connectivity index (χ4n) is 5.30. The molecule has 3 heterocycles. The van der Waals surface area contributed by atoms with Gasteiger partial charge in [0, 0.05) is 26.2 Å². The van der Waals surface area contributed by atoms with Gasteiger partial charge >= 0.3 is 6.18 Å². The number of rotatable bonds is 6. The Morgan fingerprint density at radius 1 is 1.00 bits per heavy atom. The largest absolute Gasteiger partial charge is 0.419 e. The summed E-state index contributed by atoms with van der Waals surface area (Å²) in [7, 11) is 0. The van der Waals surface area contributed by atoms with Gasteiger partial charge < -0.3 is 15.5 Å². The van der Waals surface area contributed by atoms with Gasteiger partial charge in [0.05, 0.1) is 5.56 Å². The van der Waals surface area contributed by atoms with E-state index in [1.807, 2.05) is 0 Å². The quantitative estimate of drug-likeness (QED) is 0.435. The zero-order valence-electron chi connectivity index (χ0n) is 19.9. The molecular weight excluding hydrogens is 493 g/mol. The molecule has 2 aromatic rings.